The summed E-state index contributed by atoms with van der Waals surface area (Å²) in [7, 11) is 4.36. The van der Waals surface area contributed by atoms with Crippen molar-refractivity contribution in [3.63, 3.8) is 0 Å². The summed E-state index contributed by atoms with van der Waals surface area (Å²) in [5.74, 6) is -0.768. The minimum atomic E-state index is -0.648. The van der Waals surface area contributed by atoms with Crippen LogP contribution in [0.4, 0.5) is 11.5 Å². The van der Waals surface area contributed by atoms with Gasteiger partial charge in [-0.15, -0.1) is 0 Å². The highest BCUT2D eigenvalue weighted by Gasteiger charge is 2.37. The van der Waals surface area contributed by atoms with E-state index in [0.29, 0.717) is 22.7 Å². The number of benzene rings is 1. The first-order valence-corrected chi connectivity index (χ1v) is 9.97. The van der Waals surface area contributed by atoms with E-state index in [-0.39, 0.29) is 0 Å². The Bertz CT molecular complexity index is 1120. The molecule has 0 amide bonds. The number of hydrogen-bond acceptors (Lipinski definition) is 6. The number of carbonyl (C=O) groups excluding carboxylic acids is 1. The number of aromatic nitrogens is 2. The number of ether oxygens (including phenoxy) is 1. The summed E-state index contributed by atoms with van der Waals surface area (Å²) in [5, 5.41) is 3.07. The number of allylic oxidation sites excluding steroid dienone is 1. The highest BCUT2D eigenvalue weighted by atomic mass is 16.5. The standard InChI is InChI=1S/C22H28N4O4/c1-7-26(8-2)15-11-9-14(10-12-15)17-16(21(28)30-6)13(3)23-19-18(17)20(27)25(5)22(29)24(19)4/h9-12,17,23H,7-8H2,1-6H3. The van der Waals surface area contributed by atoms with Crippen LogP contribution < -0.4 is 21.5 Å². The number of hydrogen-bond donors (Lipinski definition) is 1. The molecule has 0 spiro atoms. The van der Waals surface area contributed by atoms with Crippen LogP contribution in [0.5, 0.6) is 0 Å². The Morgan fingerprint density at radius 1 is 1.10 bits per heavy atom. The minimum Gasteiger partial charge on any atom is -0.466 e. The van der Waals surface area contributed by atoms with Crippen LogP contribution in [0.15, 0.2) is 45.1 Å². The van der Waals surface area contributed by atoms with Crippen LogP contribution in [0.1, 0.15) is 37.8 Å². The molecule has 8 nitrogen and oxygen atoms in total. The molecule has 2 aromatic rings. The SMILES string of the molecule is CCN(CC)c1ccc(C2C(C(=O)OC)=C(C)Nc3c2c(=O)n(C)c(=O)n3C)cc1. The zero-order valence-corrected chi connectivity index (χ0v) is 18.3. The molecular formula is C22H28N4O4. The van der Waals surface area contributed by atoms with Crippen LogP contribution in [0, 0.1) is 0 Å². The van der Waals surface area contributed by atoms with E-state index in [1.54, 1.807) is 14.0 Å². The van der Waals surface area contributed by atoms with Crippen LogP contribution in [-0.4, -0.2) is 35.3 Å². The Labute approximate surface area is 175 Å². The smallest absolute Gasteiger partial charge is 0.336 e. The molecule has 30 heavy (non-hydrogen) atoms. The molecule has 1 N–H and O–H groups in total. The topological polar surface area (TPSA) is 85.6 Å². The van der Waals surface area contributed by atoms with Gasteiger partial charge in [0.15, 0.2) is 0 Å². The molecule has 160 valence electrons. The summed E-state index contributed by atoms with van der Waals surface area (Å²) >= 11 is 0. The van der Waals surface area contributed by atoms with Gasteiger partial charge in [0.2, 0.25) is 0 Å². The number of nitrogens with one attached hydrogen (secondary N) is 1. The summed E-state index contributed by atoms with van der Waals surface area (Å²) < 4.78 is 7.48. The Morgan fingerprint density at radius 3 is 2.23 bits per heavy atom. The van der Waals surface area contributed by atoms with Crippen molar-refractivity contribution in [2.24, 2.45) is 14.1 Å². The summed E-state index contributed by atoms with van der Waals surface area (Å²) in [6.45, 7) is 7.68. The molecule has 1 aromatic carbocycles. The van der Waals surface area contributed by atoms with Crippen LogP contribution in [0.25, 0.3) is 0 Å². The first-order chi connectivity index (χ1) is 14.3. The van der Waals surface area contributed by atoms with Crippen LogP contribution in [0.3, 0.4) is 0 Å². The number of nitrogens with zero attached hydrogens (tertiary/aromatic N) is 3. The predicted octanol–water partition coefficient (Wildman–Crippen LogP) is 1.93. The zero-order valence-electron chi connectivity index (χ0n) is 18.3. The van der Waals surface area contributed by atoms with Crippen molar-refractivity contribution in [2.75, 3.05) is 30.4 Å². The zero-order chi connectivity index (χ0) is 22.2. The lowest BCUT2D eigenvalue weighted by molar-refractivity contribution is -0.136. The second-order valence-corrected chi connectivity index (χ2v) is 7.32. The highest BCUT2D eigenvalue weighted by molar-refractivity contribution is 5.94. The van der Waals surface area contributed by atoms with Crippen LogP contribution >= 0.6 is 0 Å². The molecule has 2 heterocycles. The first kappa shape index (κ1) is 21.4. The van der Waals surface area contributed by atoms with Gasteiger partial charge in [-0.25, -0.2) is 9.59 Å². The van der Waals surface area contributed by atoms with E-state index in [9.17, 15) is 14.4 Å². The van der Waals surface area contributed by atoms with E-state index in [1.807, 2.05) is 24.3 Å². The highest BCUT2D eigenvalue weighted by Crippen LogP contribution is 2.40. The Hall–Kier alpha value is -3.29. The number of rotatable bonds is 5. The first-order valence-electron chi connectivity index (χ1n) is 9.97. The van der Waals surface area contributed by atoms with E-state index in [1.165, 1.54) is 18.7 Å². The van der Waals surface area contributed by atoms with Crippen molar-refractivity contribution in [3.8, 4) is 0 Å². The fourth-order valence-corrected chi connectivity index (χ4v) is 4.07. The third-order valence-corrected chi connectivity index (χ3v) is 5.75. The lowest BCUT2D eigenvalue weighted by Crippen LogP contribution is -2.43. The molecule has 1 aliphatic rings. The maximum atomic E-state index is 13.1. The fraction of sp³-hybridized carbons (Fsp3) is 0.409. The molecule has 0 radical (unpaired) electrons. The summed E-state index contributed by atoms with van der Waals surface area (Å²) in [5.41, 5.74) is 2.23. The van der Waals surface area contributed by atoms with Crippen LogP contribution in [0.2, 0.25) is 0 Å². The molecule has 1 aliphatic heterocycles. The normalized spacial score (nSPS) is 15.5. The van der Waals surface area contributed by atoms with Gasteiger partial charge in [0.1, 0.15) is 5.82 Å². The Kier molecular flexibility index (Phi) is 5.87. The van der Waals surface area contributed by atoms with Gasteiger partial charge in [0.05, 0.1) is 24.2 Å². The van der Waals surface area contributed by atoms with Gasteiger partial charge >= 0.3 is 11.7 Å². The predicted molar refractivity (Wildman–Crippen MR) is 117 cm³/mol. The van der Waals surface area contributed by atoms with E-state index in [4.69, 9.17) is 4.74 Å². The van der Waals surface area contributed by atoms with Gasteiger partial charge in [-0.2, -0.15) is 0 Å². The van der Waals surface area contributed by atoms with E-state index in [0.717, 1.165) is 28.9 Å². The van der Waals surface area contributed by atoms with Crippen molar-refractivity contribution in [1.82, 2.24) is 9.13 Å². The van der Waals surface area contributed by atoms with Gasteiger partial charge < -0.3 is 15.0 Å². The molecule has 1 atom stereocenters. The largest absolute Gasteiger partial charge is 0.466 e. The van der Waals surface area contributed by atoms with Gasteiger partial charge in [-0.3, -0.25) is 13.9 Å². The quantitative estimate of drug-likeness (QED) is 0.756. The average Bonchev–Trinajstić information content (AvgIpc) is 2.76. The lowest BCUT2D eigenvalue weighted by atomic mass is 9.82. The Balaban J connectivity index is 2.29. The van der Waals surface area contributed by atoms with Gasteiger partial charge in [0.25, 0.3) is 5.56 Å². The molecular weight excluding hydrogens is 384 g/mol. The van der Waals surface area contributed by atoms with Crippen molar-refractivity contribution in [2.45, 2.75) is 26.7 Å². The van der Waals surface area contributed by atoms with Crippen molar-refractivity contribution in [3.05, 3.63) is 67.5 Å². The maximum Gasteiger partial charge on any atom is 0.336 e. The molecule has 1 unspecified atom stereocenters. The van der Waals surface area contributed by atoms with Gasteiger partial charge in [-0.1, -0.05) is 12.1 Å². The molecule has 0 saturated carbocycles. The number of carbonyl (C=O) groups is 1. The minimum absolute atomic E-state index is 0.348. The second-order valence-electron chi connectivity index (χ2n) is 7.32. The molecule has 8 heteroatoms. The summed E-state index contributed by atoms with van der Waals surface area (Å²) in [6.07, 6.45) is 0. The molecule has 0 bridgehead atoms. The third kappa shape index (κ3) is 3.32. The monoisotopic (exact) mass is 412 g/mol. The molecule has 3 rings (SSSR count). The van der Waals surface area contributed by atoms with Crippen molar-refractivity contribution < 1.29 is 9.53 Å². The van der Waals surface area contributed by atoms with E-state index in [2.05, 4.69) is 24.1 Å². The number of fused-ring (bicyclic) bond motifs is 1. The third-order valence-electron chi connectivity index (χ3n) is 5.75. The van der Waals surface area contributed by atoms with Gasteiger partial charge in [-0.05, 0) is 38.5 Å². The van der Waals surface area contributed by atoms with Crippen LogP contribution in [-0.2, 0) is 23.6 Å². The van der Waals surface area contributed by atoms with Crippen molar-refractivity contribution in [1.29, 1.82) is 0 Å². The Morgan fingerprint density at radius 2 is 1.70 bits per heavy atom. The maximum absolute atomic E-state index is 13.1. The second kappa shape index (κ2) is 8.22. The summed E-state index contributed by atoms with van der Waals surface area (Å²) in [6, 6.07) is 7.82. The molecule has 0 aliphatic carbocycles. The molecule has 1 aromatic heterocycles. The van der Waals surface area contributed by atoms with Gasteiger partial charge in [0, 0.05) is 38.6 Å². The summed E-state index contributed by atoms with van der Waals surface area (Å²) in [4.78, 5) is 40.5. The van der Waals surface area contributed by atoms with Crippen molar-refractivity contribution >= 4 is 17.5 Å². The average molecular weight is 412 g/mol. The number of anilines is 2. The molecule has 0 fully saturated rings. The van der Waals surface area contributed by atoms with E-state index >= 15 is 0 Å². The lowest BCUT2D eigenvalue weighted by Gasteiger charge is -2.31. The number of esters is 1. The number of methoxy groups -OCH3 is 1. The fourth-order valence-electron chi connectivity index (χ4n) is 4.07. The molecule has 0 saturated heterocycles. The van der Waals surface area contributed by atoms with E-state index < -0.39 is 23.1 Å².